The Balaban J connectivity index is 1.53. The van der Waals surface area contributed by atoms with Crippen LogP contribution in [0.5, 0.6) is 0 Å². The van der Waals surface area contributed by atoms with Crippen molar-refractivity contribution in [2.45, 2.75) is 75.4 Å². The normalized spacial score (nSPS) is 28.4. The minimum absolute atomic E-state index is 0.0465. The molecule has 3 atom stereocenters. The largest absolute Gasteiger partial charge is 0.371 e. The molecular formula is C20H28O6S. The van der Waals surface area contributed by atoms with Crippen molar-refractivity contribution in [2.75, 3.05) is 12.4 Å². The molecule has 3 rings (SSSR count). The molecule has 0 spiro atoms. The van der Waals surface area contributed by atoms with E-state index in [1.807, 2.05) is 20.8 Å². The van der Waals surface area contributed by atoms with Gasteiger partial charge in [-0.15, -0.1) is 0 Å². The van der Waals surface area contributed by atoms with Crippen LogP contribution in [0, 0.1) is 6.92 Å². The predicted octanol–water partition coefficient (Wildman–Crippen LogP) is 2.82. The maximum atomic E-state index is 12.5. The molecule has 0 saturated carbocycles. The summed E-state index contributed by atoms with van der Waals surface area (Å²) >= 11 is 0. The van der Waals surface area contributed by atoms with E-state index in [1.165, 1.54) is 0 Å². The van der Waals surface area contributed by atoms with E-state index < -0.39 is 15.6 Å². The molecular weight excluding hydrogens is 368 g/mol. The van der Waals surface area contributed by atoms with Crippen molar-refractivity contribution in [1.82, 2.24) is 0 Å². The number of sulfone groups is 1. The number of Topliss-reactive ketones (excluding diaryl/α,β-unsaturated/α-hetero) is 1. The van der Waals surface area contributed by atoms with Gasteiger partial charge in [0.05, 0.1) is 29.5 Å². The first-order valence-corrected chi connectivity index (χ1v) is 11.1. The van der Waals surface area contributed by atoms with Gasteiger partial charge in [0.2, 0.25) is 0 Å². The number of benzene rings is 1. The molecule has 150 valence electrons. The summed E-state index contributed by atoms with van der Waals surface area (Å²) in [7, 11) is -3.32. The summed E-state index contributed by atoms with van der Waals surface area (Å²) in [6.07, 6.45) is 0.783. The number of ether oxygens (including phenoxy) is 3. The number of rotatable bonds is 6. The van der Waals surface area contributed by atoms with Gasteiger partial charge in [-0.2, -0.15) is 0 Å². The molecule has 0 aromatic heterocycles. The molecule has 0 amide bonds. The van der Waals surface area contributed by atoms with Gasteiger partial charge in [-0.25, -0.2) is 8.42 Å². The quantitative estimate of drug-likeness (QED) is 0.736. The van der Waals surface area contributed by atoms with Crippen molar-refractivity contribution in [2.24, 2.45) is 0 Å². The average molecular weight is 397 g/mol. The highest BCUT2D eigenvalue weighted by atomic mass is 32.2. The van der Waals surface area contributed by atoms with Gasteiger partial charge < -0.3 is 14.2 Å². The summed E-state index contributed by atoms with van der Waals surface area (Å²) in [5.74, 6) is -0.484. The van der Waals surface area contributed by atoms with Crippen LogP contribution >= 0.6 is 0 Å². The van der Waals surface area contributed by atoms with E-state index >= 15 is 0 Å². The van der Waals surface area contributed by atoms with Crippen LogP contribution in [0.25, 0.3) is 0 Å². The standard InChI is InChI=1S/C20H28O6S/c1-14-6-8-17(9-7-14)27(22,23)10-4-5-16-11-15(21)12-18(25-16)19-13-24-20(2,3)26-19/h6-9,16,18-19H,4-5,10-13H2,1-3H3/t16-,18-,19+/m1/s1. The van der Waals surface area contributed by atoms with Crippen LogP contribution in [0.15, 0.2) is 29.2 Å². The SMILES string of the molecule is Cc1ccc(S(=O)(=O)CCC[C@@H]2CC(=O)C[C@H]([C@@H]3COC(C)(C)O3)O2)cc1. The third kappa shape index (κ3) is 5.38. The molecule has 0 aliphatic carbocycles. The van der Waals surface area contributed by atoms with Crippen LogP contribution in [0.4, 0.5) is 0 Å². The molecule has 1 aromatic carbocycles. The molecule has 2 fully saturated rings. The fourth-order valence-electron chi connectivity index (χ4n) is 3.56. The van der Waals surface area contributed by atoms with Crippen molar-refractivity contribution in [3.05, 3.63) is 29.8 Å². The highest BCUT2D eigenvalue weighted by Gasteiger charge is 2.41. The maximum absolute atomic E-state index is 12.5. The lowest BCUT2D eigenvalue weighted by Gasteiger charge is -2.32. The third-order valence-electron chi connectivity index (χ3n) is 5.02. The zero-order valence-corrected chi connectivity index (χ0v) is 17.0. The summed E-state index contributed by atoms with van der Waals surface area (Å²) in [6, 6.07) is 6.87. The number of hydrogen-bond acceptors (Lipinski definition) is 6. The van der Waals surface area contributed by atoms with Gasteiger partial charge in [0.1, 0.15) is 11.9 Å². The Morgan fingerprint density at radius 2 is 1.81 bits per heavy atom. The molecule has 0 N–H and O–H groups in total. The zero-order chi connectivity index (χ0) is 19.7. The van der Waals surface area contributed by atoms with Gasteiger partial charge in [0.15, 0.2) is 15.6 Å². The summed E-state index contributed by atoms with van der Waals surface area (Å²) in [6.45, 7) is 6.00. The summed E-state index contributed by atoms with van der Waals surface area (Å²) in [4.78, 5) is 12.5. The summed E-state index contributed by atoms with van der Waals surface area (Å²) < 4.78 is 42.3. The number of carbonyl (C=O) groups is 1. The Labute approximate surface area is 161 Å². The fourth-order valence-corrected chi connectivity index (χ4v) is 4.89. The maximum Gasteiger partial charge on any atom is 0.178 e. The van der Waals surface area contributed by atoms with Gasteiger partial charge >= 0.3 is 0 Å². The topological polar surface area (TPSA) is 78.9 Å². The van der Waals surface area contributed by atoms with Crippen LogP contribution < -0.4 is 0 Å². The van der Waals surface area contributed by atoms with E-state index in [0.717, 1.165) is 5.56 Å². The van der Waals surface area contributed by atoms with E-state index in [2.05, 4.69) is 0 Å². The first-order valence-electron chi connectivity index (χ1n) is 9.43. The van der Waals surface area contributed by atoms with Crippen molar-refractivity contribution < 1.29 is 27.4 Å². The molecule has 0 unspecified atom stereocenters. The van der Waals surface area contributed by atoms with Gasteiger partial charge in [-0.05, 0) is 45.7 Å². The smallest absolute Gasteiger partial charge is 0.178 e. The van der Waals surface area contributed by atoms with Crippen LogP contribution in [-0.4, -0.2) is 50.7 Å². The van der Waals surface area contributed by atoms with Gasteiger partial charge in [-0.1, -0.05) is 17.7 Å². The van der Waals surface area contributed by atoms with E-state index in [1.54, 1.807) is 24.3 Å². The molecule has 2 aliphatic heterocycles. The molecule has 0 bridgehead atoms. The van der Waals surface area contributed by atoms with Gasteiger partial charge in [-0.3, -0.25) is 4.79 Å². The Morgan fingerprint density at radius 3 is 2.44 bits per heavy atom. The molecule has 6 nitrogen and oxygen atoms in total. The first kappa shape index (κ1) is 20.5. The predicted molar refractivity (Wildman–Crippen MR) is 100 cm³/mol. The molecule has 7 heteroatoms. The minimum Gasteiger partial charge on any atom is -0.371 e. The fraction of sp³-hybridized carbons (Fsp3) is 0.650. The van der Waals surface area contributed by atoms with E-state index in [9.17, 15) is 13.2 Å². The second-order valence-corrected chi connectivity index (χ2v) is 9.99. The third-order valence-corrected chi connectivity index (χ3v) is 6.83. The lowest BCUT2D eigenvalue weighted by Crippen LogP contribution is -2.42. The minimum atomic E-state index is -3.32. The molecule has 2 heterocycles. The van der Waals surface area contributed by atoms with E-state index in [0.29, 0.717) is 37.2 Å². The van der Waals surface area contributed by atoms with Gasteiger partial charge in [0, 0.05) is 12.8 Å². The Bertz CT molecular complexity index is 768. The zero-order valence-electron chi connectivity index (χ0n) is 16.1. The highest BCUT2D eigenvalue weighted by Crippen LogP contribution is 2.31. The Morgan fingerprint density at radius 1 is 1.11 bits per heavy atom. The molecule has 2 aliphatic rings. The molecule has 27 heavy (non-hydrogen) atoms. The second-order valence-electron chi connectivity index (χ2n) is 7.88. The van der Waals surface area contributed by atoms with Crippen molar-refractivity contribution in [1.29, 1.82) is 0 Å². The van der Waals surface area contributed by atoms with Crippen LogP contribution in [0.1, 0.15) is 45.1 Å². The van der Waals surface area contributed by atoms with Crippen LogP contribution in [0.3, 0.4) is 0 Å². The number of aryl methyl sites for hydroxylation is 1. The Hall–Kier alpha value is -1.28. The van der Waals surface area contributed by atoms with E-state index in [-0.39, 0.29) is 29.8 Å². The molecule has 1 aromatic rings. The van der Waals surface area contributed by atoms with Crippen molar-refractivity contribution in [3.63, 3.8) is 0 Å². The van der Waals surface area contributed by atoms with Crippen LogP contribution in [0.2, 0.25) is 0 Å². The number of hydrogen-bond donors (Lipinski definition) is 0. The summed E-state index contributed by atoms with van der Waals surface area (Å²) in [5.41, 5.74) is 1.02. The first-order chi connectivity index (χ1) is 12.6. The molecule has 2 saturated heterocycles. The second kappa shape index (κ2) is 7.99. The van der Waals surface area contributed by atoms with Crippen molar-refractivity contribution >= 4 is 15.6 Å². The Kier molecular flexibility index (Phi) is 6.05. The number of carbonyl (C=O) groups excluding carboxylic acids is 1. The summed E-state index contributed by atoms with van der Waals surface area (Å²) in [5, 5.41) is 0. The monoisotopic (exact) mass is 396 g/mol. The lowest BCUT2D eigenvalue weighted by atomic mass is 9.97. The highest BCUT2D eigenvalue weighted by molar-refractivity contribution is 7.91. The van der Waals surface area contributed by atoms with E-state index in [4.69, 9.17) is 14.2 Å². The van der Waals surface area contributed by atoms with Gasteiger partial charge in [0.25, 0.3) is 0 Å². The van der Waals surface area contributed by atoms with Crippen molar-refractivity contribution in [3.8, 4) is 0 Å². The molecule has 0 radical (unpaired) electrons. The number of ketones is 1. The average Bonchev–Trinajstić information content (AvgIpc) is 2.95. The lowest BCUT2D eigenvalue weighted by molar-refractivity contribution is -0.174. The van der Waals surface area contributed by atoms with Crippen LogP contribution in [-0.2, 0) is 28.8 Å².